The van der Waals surface area contributed by atoms with Crippen LogP contribution in [0, 0.1) is 6.92 Å². The van der Waals surface area contributed by atoms with Crippen molar-refractivity contribution in [3.8, 4) is 0 Å². The van der Waals surface area contributed by atoms with Gasteiger partial charge in [0, 0.05) is 28.7 Å². The molecule has 2 aromatic heterocycles. The summed E-state index contributed by atoms with van der Waals surface area (Å²) in [5.41, 5.74) is 3.21. The third-order valence-corrected chi connectivity index (χ3v) is 5.54. The molecule has 4 aromatic rings. The number of anilines is 2. The first-order chi connectivity index (χ1) is 14.9. The van der Waals surface area contributed by atoms with Gasteiger partial charge in [0.15, 0.2) is 5.78 Å². The molecule has 7 heteroatoms. The summed E-state index contributed by atoms with van der Waals surface area (Å²) in [5.74, 6) is 0.980. The molecule has 0 aliphatic rings. The summed E-state index contributed by atoms with van der Waals surface area (Å²) in [7, 11) is 0. The van der Waals surface area contributed by atoms with E-state index < -0.39 is 5.56 Å². The molecule has 0 radical (unpaired) electrons. The lowest BCUT2D eigenvalue weighted by molar-refractivity contribution is 0.101. The maximum Gasteiger partial charge on any atom is 0.266 e. The number of fused-ring (bicyclic) bond motifs is 1. The van der Waals surface area contributed by atoms with Crippen molar-refractivity contribution < 1.29 is 9.21 Å². The quantitative estimate of drug-likeness (QED) is 0.404. The van der Waals surface area contributed by atoms with Crippen LogP contribution in [0.1, 0.15) is 41.1 Å². The Hall–Kier alpha value is -3.38. The van der Waals surface area contributed by atoms with E-state index in [-0.39, 0.29) is 17.9 Å². The van der Waals surface area contributed by atoms with Crippen LogP contribution in [-0.4, -0.2) is 15.3 Å². The summed E-state index contributed by atoms with van der Waals surface area (Å²) in [4.78, 5) is 29.3. The van der Waals surface area contributed by atoms with Gasteiger partial charge in [-0.2, -0.15) is 0 Å². The molecule has 0 unspecified atom stereocenters. The number of hydrogen-bond donors (Lipinski definition) is 1. The molecule has 2 heterocycles. The molecular weight excluding hydrogens is 414 g/mol. The van der Waals surface area contributed by atoms with Gasteiger partial charge >= 0.3 is 0 Å². The Balaban J connectivity index is 1.77. The minimum absolute atomic E-state index is 0.0493. The normalized spacial score (nSPS) is 11.1. The fourth-order valence-corrected chi connectivity index (χ4v) is 3.69. The molecule has 31 heavy (non-hydrogen) atoms. The molecule has 0 amide bonds. The minimum atomic E-state index is -0.395. The number of Topliss-reactive ketones (excluding diaryl/α,β-unsaturated/α-hetero) is 1. The van der Waals surface area contributed by atoms with Crippen molar-refractivity contribution in [2.45, 2.75) is 33.7 Å². The fraction of sp³-hybridized carbons (Fsp3) is 0.208. The fourth-order valence-electron chi connectivity index (χ4n) is 3.57. The van der Waals surface area contributed by atoms with E-state index in [2.05, 4.69) is 17.2 Å². The Morgan fingerprint density at radius 2 is 1.94 bits per heavy atom. The van der Waals surface area contributed by atoms with E-state index in [1.807, 2.05) is 37.3 Å². The molecule has 0 saturated heterocycles. The molecule has 0 aliphatic heterocycles. The number of carbonyl (C=O) groups excluding carboxylic acids is 1. The largest absolute Gasteiger partial charge is 0.461 e. The van der Waals surface area contributed by atoms with Crippen LogP contribution >= 0.6 is 11.6 Å². The number of ketones is 1. The highest BCUT2D eigenvalue weighted by Gasteiger charge is 2.15. The first-order valence-electron chi connectivity index (χ1n) is 10.0. The van der Waals surface area contributed by atoms with Crippen molar-refractivity contribution in [3.63, 3.8) is 0 Å². The summed E-state index contributed by atoms with van der Waals surface area (Å²) in [5, 5.41) is 4.85. The highest BCUT2D eigenvalue weighted by molar-refractivity contribution is 6.30. The molecule has 0 fully saturated rings. The van der Waals surface area contributed by atoms with Gasteiger partial charge in [0.25, 0.3) is 5.56 Å². The minimum Gasteiger partial charge on any atom is -0.461 e. The summed E-state index contributed by atoms with van der Waals surface area (Å²) in [6.07, 6.45) is 2.14. The van der Waals surface area contributed by atoms with E-state index in [1.54, 1.807) is 12.1 Å². The van der Waals surface area contributed by atoms with Crippen LogP contribution in [0.15, 0.2) is 57.9 Å². The predicted octanol–water partition coefficient (Wildman–Crippen LogP) is 5.51. The van der Waals surface area contributed by atoms with Crippen molar-refractivity contribution in [1.29, 1.82) is 0 Å². The zero-order chi connectivity index (χ0) is 22.1. The van der Waals surface area contributed by atoms with Gasteiger partial charge in [-0.3, -0.25) is 14.2 Å². The average molecular weight is 436 g/mol. The molecule has 0 atom stereocenters. The summed E-state index contributed by atoms with van der Waals surface area (Å²) in [6, 6.07) is 13.0. The number of halogens is 1. The molecule has 4 rings (SSSR count). The van der Waals surface area contributed by atoms with Crippen molar-refractivity contribution >= 4 is 40.0 Å². The summed E-state index contributed by atoms with van der Waals surface area (Å²) >= 11 is 5.98. The zero-order valence-corrected chi connectivity index (χ0v) is 18.3. The van der Waals surface area contributed by atoms with E-state index in [1.165, 1.54) is 17.7 Å². The molecule has 1 N–H and O–H groups in total. The number of rotatable bonds is 6. The van der Waals surface area contributed by atoms with E-state index in [9.17, 15) is 9.59 Å². The van der Waals surface area contributed by atoms with Gasteiger partial charge in [0.2, 0.25) is 5.95 Å². The van der Waals surface area contributed by atoms with Crippen molar-refractivity contribution in [3.05, 3.63) is 86.5 Å². The number of furan rings is 1. The van der Waals surface area contributed by atoms with E-state index in [0.29, 0.717) is 11.0 Å². The molecule has 0 saturated carbocycles. The van der Waals surface area contributed by atoms with E-state index in [4.69, 9.17) is 16.0 Å². The Morgan fingerprint density at radius 1 is 1.19 bits per heavy atom. The highest BCUT2D eigenvalue weighted by Crippen LogP contribution is 2.29. The number of aryl methyl sites for hydroxylation is 2. The summed E-state index contributed by atoms with van der Waals surface area (Å²) < 4.78 is 7.34. The van der Waals surface area contributed by atoms with Crippen molar-refractivity contribution in [2.75, 3.05) is 5.32 Å². The topological polar surface area (TPSA) is 77.1 Å². The standard InChI is InChI=1S/C24H22ClN3O3/c1-4-21-14(2)19-11-18(9-10-22(19)31-21)27-24-26-12-20(15(3)29)23(30)28(24)13-16-5-7-17(25)8-6-16/h5-12H,4,13H2,1-3H3,(H,26,27). The van der Waals surface area contributed by atoms with Gasteiger partial charge in [0.1, 0.15) is 16.9 Å². The molecule has 0 spiro atoms. The van der Waals surface area contributed by atoms with E-state index >= 15 is 0 Å². The first kappa shape index (κ1) is 20.9. The molecule has 2 aromatic carbocycles. The zero-order valence-electron chi connectivity index (χ0n) is 17.5. The SMILES string of the molecule is CCc1oc2ccc(Nc3ncc(C(C)=O)c(=O)n3Cc3ccc(Cl)cc3)cc2c1C. The summed E-state index contributed by atoms with van der Waals surface area (Å²) in [6.45, 7) is 5.70. The van der Waals surface area contributed by atoms with Crippen molar-refractivity contribution in [2.24, 2.45) is 0 Å². The van der Waals surface area contributed by atoms with Crippen LogP contribution in [0.4, 0.5) is 11.6 Å². The van der Waals surface area contributed by atoms with Crippen LogP contribution in [-0.2, 0) is 13.0 Å². The van der Waals surface area contributed by atoms with Crippen LogP contribution < -0.4 is 10.9 Å². The Morgan fingerprint density at radius 3 is 2.61 bits per heavy atom. The van der Waals surface area contributed by atoms with Crippen LogP contribution in [0.25, 0.3) is 11.0 Å². The van der Waals surface area contributed by atoms with Crippen molar-refractivity contribution in [1.82, 2.24) is 9.55 Å². The lowest BCUT2D eigenvalue weighted by Gasteiger charge is -2.15. The number of nitrogens with zero attached hydrogens (tertiary/aromatic N) is 2. The van der Waals surface area contributed by atoms with E-state index in [0.717, 1.165) is 40.0 Å². The smallest absolute Gasteiger partial charge is 0.266 e. The lowest BCUT2D eigenvalue weighted by atomic mass is 10.1. The second-order valence-electron chi connectivity index (χ2n) is 7.41. The second-order valence-corrected chi connectivity index (χ2v) is 7.85. The second kappa shape index (κ2) is 8.40. The highest BCUT2D eigenvalue weighted by atomic mass is 35.5. The molecular formula is C24H22ClN3O3. The van der Waals surface area contributed by atoms with Gasteiger partial charge in [-0.1, -0.05) is 30.7 Å². The number of hydrogen-bond acceptors (Lipinski definition) is 5. The monoisotopic (exact) mass is 435 g/mol. The maximum absolute atomic E-state index is 13.0. The molecule has 158 valence electrons. The molecule has 0 bridgehead atoms. The average Bonchev–Trinajstić information content (AvgIpc) is 3.07. The molecule has 6 nitrogen and oxygen atoms in total. The van der Waals surface area contributed by atoms with Crippen LogP contribution in [0.5, 0.6) is 0 Å². The lowest BCUT2D eigenvalue weighted by Crippen LogP contribution is -2.29. The predicted molar refractivity (Wildman–Crippen MR) is 123 cm³/mol. The number of aromatic nitrogens is 2. The number of benzene rings is 2. The van der Waals surface area contributed by atoms with Gasteiger partial charge in [-0.25, -0.2) is 4.98 Å². The van der Waals surface area contributed by atoms with Crippen LogP contribution in [0.2, 0.25) is 5.02 Å². The van der Waals surface area contributed by atoms with Crippen LogP contribution in [0.3, 0.4) is 0 Å². The number of carbonyl (C=O) groups is 1. The van der Waals surface area contributed by atoms with Gasteiger partial charge in [0.05, 0.1) is 6.54 Å². The van der Waals surface area contributed by atoms with Gasteiger partial charge < -0.3 is 9.73 Å². The third kappa shape index (κ3) is 4.11. The van der Waals surface area contributed by atoms with Gasteiger partial charge in [-0.15, -0.1) is 0 Å². The Labute approximate surface area is 184 Å². The first-order valence-corrected chi connectivity index (χ1v) is 10.4. The Bertz CT molecular complexity index is 1340. The number of nitrogens with one attached hydrogen (secondary N) is 1. The third-order valence-electron chi connectivity index (χ3n) is 5.29. The maximum atomic E-state index is 13.0. The Kier molecular flexibility index (Phi) is 5.65. The van der Waals surface area contributed by atoms with Gasteiger partial charge in [-0.05, 0) is 55.3 Å². The molecule has 0 aliphatic carbocycles.